The van der Waals surface area contributed by atoms with Crippen molar-refractivity contribution in [2.24, 2.45) is 5.92 Å². The topological polar surface area (TPSA) is 27.7 Å². The van der Waals surface area contributed by atoms with Crippen LogP contribution in [0.25, 0.3) is 0 Å². The molecule has 0 N–H and O–H groups in total. The fourth-order valence-corrected chi connectivity index (χ4v) is 4.44. The Morgan fingerprint density at radius 3 is 2.24 bits per heavy atom. The summed E-state index contributed by atoms with van der Waals surface area (Å²) >= 11 is 0. The van der Waals surface area contributed by atoms with Crippen LogP contribution in [0, 0.1) is 18.3 Å². The van der Waals surface area contributed by atoms with Gasteiger partial charge in [-0.05, 0) is 61.0 Å². The van der Waals surface area contributed by atoms with Crippen LogP contribution in [0.4, 0.5) is 0 Å². The van der Waals surface area contributed by atoms with Gasteiger partial charge in [0.1, 0.15) is 5.75 Å². The molecule has 0 amide bonds. The molecular formula is C25H42O3Si. The quantitative estimate of drug-likeness (QED) is 0.275. The summed E-state index contributed by atoms with van der Waals surface area (Å²) < 4.78 is 18.4. The maximum atomic E-state index is 6.85. The third kappa shape index (κ3) is 8.54. The van der Waals surface area contributed by atoms with E-state index in [1.807, 2.05) is 12.1 Å². The van der Waals surface area contributed by atoms with E-state index in [0.717, 1.165) is 37.0 Å². The second-order valence-electron chi connectivity index (χ2n) is 9.56. The van der Waals surface area contributed by atoms with Gasteiger partial charge in [0.25, 0.3) is 0 Å². The average Bonchev–Trinajstić information content (AvgIpc) is 2.67. The highest BCUT2D eigenvalue weighted by Gasteiger charge is 2.40. The maximum Gasteiger partial charge on any atom is 0.192 e. The van der Waals surface area contributed by atoms with Crippen LogP contribution >= 0.6 is 0 Å². The molecule has 164 valence electrons. The summed E-state index contributed by atoms with van der Waals surface area (Å²) in [5, 5.41) is 0.183. The van der Waals surface area contributed by atoms with Gasteiger partial charge in [0.15, 0.2) is 8.32 Å². The second-order valence-corrected chi connectivity index (χ2v) is 14.3. The lowest BCUT2D eigenvalue weighted by Gasteiger charge is -2.41. The Balaban J connectivity index is 2.82. The lowest BCUT2D eigenvalue weighted by atomic mass is 9.94. The molecule has 0 unspecified atom stereocenters. The lowest BCUT2D eigenvalue weighted by molar-refractivity contribution is -0.00787. The molecule has 29 heavy (non-hydrogen) atoms. The molecule has 3 atom stereocenters. The highest BCUT2D eigenvalue weighted by Crippen LogP contribution is 2.39. The Labute approximate surface area is 180 Å². The molecule has 0 aliphatic heterocycles. The summed E-state index contributed by atoms with van der Waals surface area (Å²) in [6, 6.07) is 8.07. The Bertz CT molecular complexity index is 625. The van der Waals surface area contributed by atoms with Crippen LogP contribution < -0.4 is 4.74 Å². The number of terminal acetylenes is 1. The van der Waals surface area contributed by atoms with Crippen molar-refractivity contribution in [2.75, 3.05) is 7.11 Å². The van der Waals surface area contributed by atoms with Gasteiger partial charge < -0.3 is 13.9 Å². The molecular weight excluding hydrogens is 376 g/mol. The first-order valence-electron chi connectivity index (χ1n) is 10.9. The van der Waals surface area contributed by atoms with E-state index in [4.69, 9.17) is 20.3 Å². The highest BCUT2D eigenvalue weighted by molar-refractivity contribution is 6.74. The molecule has 4 heteroatoms. The third-order valence-corrected chi connectivity index (χ3v) is 10.7. The SMILES string of the molecule is C#CCC[C@H](C)[C@H](C[C@@H](CC)OCc1ccc(OC)cc1)O[Si](C)(C)C(C)(C)C. The number of hydrogen-bond acceptors (Lipinski definition) is 3. The molecule has 0 fully saturated rings. The molecule has 1 aromatic carbocycles. The van der Waals surface area contributed by atoms with Gasteiger partial charge >= 0.3 is 0 Å². The number of rotatable bonds is 12. The predicted molar refractivity (Wildman–Crippen MR) is 126 cm³/mol. The summed E-state index contributed by atoms with van der Waals surface area (Å²) in [5.41, 5.74) is 1.16. The smallest absolute Gasteiger partial charge is 0.192 e. The Kier molecular flexibility index (Phi) is 10.5. The number of methoxy groups -OCH3 is 1. The minimum absolute atomic E-state index is 0.167. The first kappa shape index (κ1) is 25.8. The van der Waals surface area contributed by atoms with Gasteiger partial charge in [0.2, 0.25) is 0 Å². The fourth-order valence-electron chi connectivity index (χ4n) is 3.00. The maximum absolute atomic E-state index is 6.85. The van der Waals surface area contributed by atoms with Crippen molar-refractivity contribution in [3.8, 4) is 18.1 Å². The second kappa shape index (κ2) is 11.8. The highest BCUT2D eigenvalue weighted by atomic mass is 28.4. The van der Waals surface area contributed by atoms with E-state index >= 15 is 0 Å². The van der Waals surface area contributed by atoms with Gasteiger partial charge in [-0.2, -0.15) is 0 Å². The first-order chi connectivity index (χ1) is 13.5. The number of benzene rings is 1. The first-order valence-corrected chi connectivity index (χ1v) is 13.8. The normalized spacial score (nSPS) is 15.4. The predicted octanol–water partition coefficient (Wildman–Crippen LogP) is 6.82. The minimum atomic E-state index is -1.87. The van der Waals surface area contributed by atoms with Crippen LogP contribution in [-0.4, -0.2) is 27.6 Å². The number of ether oxygens (including phenoxy) is 2. The van der Waals surface area contributed by atoms with Gasteiger partial charge in [-0.15, -0.1) is 12.3 Å². The Morgan fingerprint density at radius 1 is 1.14 bits per heavy atom. The molecule has 0 saturated carbocycles. The van der Waals surface area contributed by atoms with E-state index in [1.54, 1.807) is 7.11 Å². The van der Waals surface area contributed by atoms with Gasteiger partial charge in [-0.1, -0.05) is 46.8 Å². The van der Waals surface area contributed by atoms with Gasteiger partial charge in [0, 0.05) is 6.42 Å². The monoisotopic (exact) mass is 418 g/mol. The molecule has 1 aromatic rings. The van der Waals surface area contributed by atoms with E-state index in [1.165, 1.54) is 0 Å². The van der Waals surface area contributed by atoms with E-state index in [0.29, 0.717) is 12.5 Å². The molecule has 0 radical (unpaired) electrons. The minimum Gasteiger partial charge on any atom is -0.497 e. The van der Waals surface area contributed by atoms with E-state index in [9.17, 15) is 0 Å². The van der Waals surface area contributed by atoms with Crippen LogP contribution in [0.2, 0.25) is 18.1 Å². The largest absolute Gasteiger partial charge is 0.497 e. The summed E-state index contributed by atoms with van der Waals surface area (Å²) in [6.45, 7) is 16.6. The van der Waals surface area contributed by atoms with Crippen LogP contribution in [0.1, 0.15) is 65.9 Å². The van der Waals surface area contributed by atoms with Crippen molar-refractivity contribution in [3.05, 3.63) is 29.8 Å². The van der Waals surface area contributed by atoms with Gasteiger partial charge in [-0.3, -0.25) is 0 Å². The Morgan fingerprint density at radius 2 is 1.76 bits per heavy atom. The fraction of sp³-hybridized carbons (Fsp3) is 0.680. The molecule has 0 heterocycles. The molecule has 0 aliphatic rings. The molecule has 3 nitrogen and oxygen atoms in total. The van der Waals surface area contributed by atoms with E-state index in [2.05, 4.69) is 65.8 Å². The summed E-state index contributed by atoms with van der Waals surface area (Å²) in [7, 11) is -0.185. The van der Waals surface area contributed by atoms with Crippen molar-refractivity contribution in [2.45, 2.75) is 97.2 Å². The summed E-state index contributed by atoms with van der Waals surface area (Å²) in [6.07, 6.45) is 9.52. The average molecular weight is 419 g/mol. The van der Waals surface area contributed by atoms with Crippen molar-refractivity contribution >= 4 is 8.32 Å². The molecule has 0 aromatic heterocycles. The van der Waals surface area contributed by atoms with Crippen molar-refractivity contribution < 1.29 is 13.9 Å². The zero-order valence-corrected chi connectivity index (χ0v) is 20.9. The lowest BCUT2D eigenvalue weighted by Crippen LogP contribution is -2.46. The molecule has 0 aliphatic carbocycles. The van der Waals surface area contributed by atoms with Crippen LogP contribution in [0.3, 0.4) is 0 Å². The van der Waals surface area contributed by atoms with Crippen LogP contribution in [0.5, 0.6) is 5.75 Å². The summed E-state index contributed by atoms with van der Waals surface area (Å²) in [5.74, 6) is 4.07. The van der Waals surface area contributed by atoms with Crippen LogP contribution in [-0.2, 0) is 15.8 Å². The summed E-state index contributed by atoms with van der Waals surface area (Å²) in [4.78, 5) is 0. The third-order valence-electron chi connectivity index (χ3n) is 6.23. The van der Waals surface area contributed by atoms with Crippen molar-refractivity contribution in [1.29, 1.82) is 0 Å². The Hall–Kier alpha value is -1.28. The van der Waals surface area contributed by atoms with Crippen molar-refractivity contribution in [3.63, 3.8) is 0 Å². The van der Waals surface area contributed by atoms with Gasteiger partial charge in [0.05, 0.1) is 25.9 Å². The zero-order chi connectivity index (χ0) is 22.1. The van der Waals surface area contributed by atoms with E-state index < -0.39 is 8.32 Å². The van der Waals surface area contributed by atoms with Crippen molar-refractivity contribution in [1.82, 2.24) is 0 Å². The van der Waals surface area contributed by atoms with E-state index in [-0.39, 0.29) is 17.2 Å². The molecule has 0 spiro atoms. The van der Waals surface area contributed by atoms with Gasteiger partial charge in [-0.25, -0.2) is 0 Å². The van der Waals surface area contributed by atoms with Crippen LogP contribution in [0.15, 0.2) is 24.3 Å². The molecule has 1 rings (SSSR count). The number of hydrogen-bond donors (Lipinski definition) is 0. The molecule has 0 saturated heterocycles. The standard InChI is InChI=1S/C25H42O3Si/c1-10-12-13-20(3)24(28-29(8,9)25(4,5)6)18-22(11-2)27-19-21-14-16-23(26-7)17-15-21/h1,14-17,20,22,24H,11-13,18-19H2,2-9H3/t20-,22+,24-/m0/s1. The molecule has 0 bridgehead atoms. The zero-order valence-electron chi connectivity index (χ0n) is 19.9.